The molecule has 0 spiro atoms. The fourth-order valence-corrected chi connectivity index (χ4v) is 3.44. The van der Waals surface area contributed by atoms with Crippen molar-refractivity contribution in [2.24, 2.45) is 0 Å². The van der Waals surface area contributed by atoms with Gasteiger partial charge in [0.1, 0.15) is 0 Å². The van der Waals surface area contributed by atoms with Crippen LogP contribution in [0.4, 0.5) is 13.2 Å². The molecule has 25 heavy (non-hydrogen) atoms. The summed E-state index contributed by atoms with van der Waals surface area (Å²) in [5, 5.41) is 0. The van der Waals surface area contributed by atoms with Crippen molar-refractivity contribution in [2.75, 3.05) is 7.11 Å². The molecular formula is C15H11AsF3N4O2. The number of ether oxygens (including phenoxy) is 1. The van der Waals surface area contributed by atoms with E-state index >= 15 is 0 Å². The Morgan fingerprint density at radius 2 is 2.04 bits per heavy atom. The number of hydrogen-bond acceptors (Lipinski definition) is 5. The van der Waals surface area contributed by atoms with E-state index in [4.69, 9.17) is 0 Å². The number of carbonyl (C=O) groups excluding carboxylic acids is 1. The van der Waals surface area contributed by atoms with Crippen LogP contribution in [0.1, 0.15) is 16.2 Å². The van der Waals surface area contributed by atoms with Crippen LogP contribution in [0.15, 0.2) is 30.6 Å². The van der Waals surface area contributed by atoms with E-state index in [1.807, 2.05) is 0 Å². The van der Waals surface area contributed by atoms with Crippen molar-refractivity contribution in [3.63, 3.8) is 0 Å². The van der Waals surface area contributed by atoms with Crippen LogP contribution in [0.25, 0.3) is 16.9 Å². The molecule has 1 radical (unpaired) electrons. The number of alkyl halides is 3. The van der Waals surface area contributed by atoms with Crippen molar-refractivity contribution >= 4 is 37.4 Å². The normalized spacial score (nSPS) is 12.2. The number of hydrogen-bond donors (Lipinski definition) is 0. The third kappa shape index (κ3) is 3.24. The van der Waals surface area contributed by atoms with Gasteiger partial charge in [-0.05, 0) is 0 Å². The first kappa shape index (κ1) is 17.4. The molecule has 0 saturated carbocycles. The van der Waals surface area contributed by atoms with Crippen molar-refractivity contribution in [2.45, 2.75) is 11.9 Å². The third-order valence-electron chi connectivity index (χ3n) is 3.39. The summed E-state index contributed by atoms with van der Waals surface area (Å²) >= 11 is -0.586. The van der Waals surface area contributed by atoms with Gasteiger partial charge in [-0.15, -0.1) is 0 Å². The van der Waals surface area contributed by atoms with Crippen molar-refractivity contribution < 1.29 is 22.7 Å². The summed E-state index contributed by atoms with van der Waals surface area (Å²) in [5.74, 6) is -1.74. The monoisotopic (exact) mass is 411 g/mol. The van der Waals surface area contributed by atoms with E-state index < -0.39 is 33.7 Å². The second-order valence-corrected chi connectivity index (χ2v) is 6.75. The molecule has 0 aliphatic carbocycles. The number of benzene rings is 1. The number of methoxy groups -OCH3 is 1. The molecule has 3 aromatic rings. The number of aromatic nitrogens is 4. The van der Waals surface area contributed by atoms with Gasteiger partial charge in [0, 0.05) is 0 Å². The van der Waals surface area contributed by atoms with Crippen LogP contribution in [0.3, 0.4) is 0 Å². The van der Waals surface area contributed by atoms with Crippen LogP contribution in [0.2, 0.25) is 5.71 Å². The SMILES string of the molecule is COC(=O)c1cccc(-n2cnc3c([As]C)nc(C(F)(F)F)nc32)c1. The number of imidazole rings is 1. The molecule has 129 valence electrons. The Morgan fingerprint density at radius 1 is 1.28 bits per heavy atom. The molecule has 1 aromatic carbocycles. The first-order valence-corrected chi connectivity index (χ1v) is 9.77. The molecule has 0 amide bonds. The Balaban J connectivity index is 2.22. The Bertz CT molecular complexity index is 956. The molecule has 0 bridgehead atoms. The van der Waals surface area contributed by atoms with Crippen molar-refractivity contribution in [3.05, 3.63) is 42.0 Å². The molecule has 3 rings (SSSR count). The molecule has 10 heteroatoms. The Hall–Kier alpha value is -2.41. The van der Waals surface area contributed by atoms with E-state index in [9.17, 15) is 18.0 Å². The minimum atomic E-state index is -4.65. The van der Waals surface area contributed by atoms with E-state index in [2.05, 4.69) is 19.7 Å². The van der Waals surface area contributed by atoms with E-state index in [0.29, 0.717) is 15.7 Å². The van der Waals surface area contributed by atoms with Crippen LogP contribution < -0.4 is 4.48 Å². The van der Waals surface area contributed by atoms with E-state index in [-0.39, 0.29) is 11.2 Å². The fourth-order valence-electron chi connectivity index (χ4n) is 2.26. The van der Waals surface area contributed by atoms with Gasteiger partial charge in [0.25, 0.3) is 0 Å². The number of nitrogens with zero attached hydrogens (tertiary/aromatic N) is 4. The molecule has 2 aromatic heterocycles. The summed E-state index contributed by atoms with van der Waals surface area (Å²) in [5.41, 5.74) is 2.90. The second kappa shape index (κ2) is 6.48. The number of rotatable bonds is 3. The Morgan fingerprint density at radius 3 is 2.68 bits per heavy atom. The minimum absolute atomic E-state index is 0.0523. The van der Waals surface area contributed by atoms with Gasteiger partial charge in [0.05, 0.1) is 0 Å². The van der Waals surface area contributed by atoms with Gasteiger partial charge in [-0.2, -0.15) is 0 Å². The Kier molecular flexibility index (Phi) is 4.51. The maximum absolute atomic E-state index is 13.1. The van der Waals surface area contributed by atoms with Gasteiger partial charge in [0.2, 0.25) is 0 Å². The fraction of sp³-hybridized carbons (Fsp3) is 0.200. The number of carbonyl (C=O) groups is 1. The first-order valence-electron chi connectivity index (χ1n) is 6.96. The van der Waals surface area contributed by atoms with Crippen LogP contribution in [-0.4, -0.2) is 48.4 Å². The molecule has 0 saturated heterocycles. The zero-order valence-electron chi connectivity index (χ0n) is 13.1. The van der Waals surface area contributed by atoms with Crippen LogP contribution in [-0.2, 0) is 10.9 Å². The van der Waals surface area contributed by atoms with Crippen LogP contribution >= 0.6 is 0 Å². The van der Waals surface area contributed by atoms with E-state index in [0.717, 1.165) is 0 Å². The van der Waals surface area contributed by atoms with Crippen LogP contribution in [0.5, 0.6) is 0 Å². The number of halogens is 3. The molecule has 0 atom stereocenters. The molecule has 6 nitrogen and oxygen atoms in total. The molecule has 2 heterocycles. The van der Waals surface area contributed by atoms with Crippen LogP contribution in [0, 0.1) is 0 Å². The van der Waals surface area contributed by atoms with Crippen molar-refractivity contribution in [3.8, 4) is 5.69 Å². The van der Waals surface area contributed by atoms with Gasteiger partial charge < -0.3 is 0 Å². The molecular weight excluding hydrogens is 400 g/mol. The van der Waals surface area contributed by atoms with Gasteiger partial charge >= 0.3 is 146 Å². The quantitative estimate of drug-likeness (QED) is 0.487. The summed E-state index contributed by atoms with van der Waals surface area (Å²) in [6.07, 6.45) is -3.28. The Labute approximate surface area is 146 Å². The first-order chi connectivity index (χ1) is 11.8. The number of fused-ring (bicyclic) bond motifs is 1. The van der Waals surface area contributed by atoms with E-state index in [1.54, 1.807) is 23.9 Å². The predicted molar refractivity (Wildman–Crippen MR) is 84.3 cm³/mol. The topological polar surface area (TPSA) is 69.9 Å². The predicted octanol–water partition coefficient (Wildman–Crippen LogP) is 2.00. The summed E-state index contributed by atoms with van der Waals surface area (Å²) in [6, 6.07) is 6.29. The second-order valence-electron chi connectivity index (χ2n) is 4.92. The number of esters is 1. The maximum atomic E-state index is 13.1. The molecule has 0 aliphatic heterocycles. The summed E-state index contributed by atoms with van der Waals surface area (Å²) in [6.45, 7) is 0. The molecule has 0 N–H and O–H groups in total. The van der Waals surface area contributed by atoms with Crippen molar-refractivity contribution in [1.82, 2.24) is 19.5 Å². The zero-order chi connectivity index (χ0) is 18.2. The van der Waals surface area contributed by atoms with Crippen molar-refractivity contribution in [1.29, 1.82) is 0 Å². The molecule has 0 unspecified atom stereocenters. The summed E-state index contributed by atoms with van der Waals surface area (Å²) in [4.78, 5) is 23.1. The standard InChI is InChI=1S/C15H11AsF3N4O2/c1-16-11-10-12(22-14(21-11)15(17,18)19)23(7-20-10)9-5-3-4-8(6-9)13(24)25-2/h3-7H,1-2H3. The van der Waals surface area contributed by atoms with Gasteiger partial charge in [-0.3, -0.25) is 0 Å². The zero-order valence-corrected chi connectivity index (χ0v) is 14.9. The van der Waals surface area contributed by atoms with Gasteiger partial charge in [-0.25, -0.2) is 0 Å². The van der Waals surface area contributed by atoms with Gasteiger partial charge in [-0.1, -0.05) is 0 Å². The average molecular weight is 411 g/mol. The summed E-state index contributed by atoms with van der Waals surface area (Å²) in [7, 11) is 1.25. The molecule has 0 fully saturated rings. The third-order valence-corrected chi connectivity index (χ3v) is 4.93. The van der Waals surface area contributed by atoms with Gasteiger partial charge in [0.15, 0.2) is 0 Å². The summed E-state index contributed by atoms with van der Waals surface area (Å²) < 4.78 is 45.6. The van der Waals surface area contributed by atoms with E-state index in [1.165, 1.54) is 24.1 Å². The molecule has 0 aliphatic rings. The average Bonchev–Trinajstić information content (AvgIpc) is 3.03.